The number of carbonyl (C=O) groups is 2. The van der Waals surface area contributed by atoms with E-state index in [1.807, 2.05) is 23.1 Å². The molecule has 1 aromatic heterocycles. The summed E-state index contributed by atoms with van der Waals surface area (Å²) < 4.78 is 1.20. The summed E-state index contributed by atoms with van der Waals surface area (Å²) >= 11 is 1.74. The number of rotatable bonds is 2. The number of amides is 3. The van der Waals surface area contributed by atoms with E-state index in [1.165, 1.54) is 4.70 Å². The van der Waals surface area contributed by atoms with Crippen LogP contribution in [0.2, 0.25) is 0 Å². The first kappa shape index (κ1) is 17.3. The van der Waals surface area contributed by atoms with Crippen molar-refractivity contribution in [2.24, 2.45) is 11.7 Å². The van der Waals surface area contributed by atoms with Crippen LogP contribution >= 0.6 is 11.3 Å². The molecule has 2 fully saturated rings. The standard InChI is InChI=1S/C19H24N4O2S/c20-19(25)23-10-4-6-14(12-23)18(24)22-9-3-5-13(11-22)17-21-15-7-1-2-8-16(15)26-17/h1-2,7-8,13-14H,3-6,9-12H2,(H2,20,25)/t13-,14+/m0/s1. The summed E-state index contributed by atoms with van der Waals surface area (Å²) in [7, 11) is 0. The molecule has 0 radical (unpaired) electrons. The molecule has 26 heavy (non-hydrogen) atoms. The highest BCUT2D eigenvalue weighted by Gasteiger charge is 2.33. The van der Waals surface area contributed by atoms with Gasteiger partial charge in [0.2, 0.25) is 5.91 Å². The zero-order valence-corrected chi connectivity index (χ0v) is 15.6. The van der Waals surface area contributed by atoms with E-state index in [2.05, 4.69) is 6.07 Å². The topological polar surface area (TPSA) is 79.5 Å². The minimum Gasteiger partial charge on any atom is -0.351 e. The molecular formula is C19H24N4O2S. The predicted molar refractivity (Wildman–Crippen MR) is 102 cm³/mol. The summed E-state index contributed by atoms with van der Waals surface area (Å²) in [5, 5.41) is 1.13. The molecule has 2 N–H and O–H groups in total. The van der Waals surface area contributed by atoms with Crippen LogP contribution in [0.15, 0.2) is 24.3 Å². The first-order valence-electron chi connectivity index (χ1n) is 9.30. The zero-order valence-electron chi connectivity index (χ0n) is 14.8. The molecule has 2 aromatic rings. The second kappa shape index (κ2) is 7.23. The average Bonchev–Trinajstić information content (AvgIpc) is 3.12. The minimum absolute atomic E-state index is 0.120. The number of thiazole rings is 1. The van der Waals surface area contributed by atoms with E-state index in [-0.39, 0.29) is 11.8 Å². The van der Waals surface area contributed by atoms with Gasteiger partial charge in [-0.25, -0.2) is 9.78 Å². The van der Waals surface area contributed by atoms with E-state index < -0.39 is 6.03 Å². The highest BCUT2D eigenvalue weighted by atomic mass is 32.1. The third kappa shape index (κ3) is 3.40. The number of urea groups is 1. The normalized spacial score (nSPS) is 24.0. The van der Waals surface area contributed by atoms with Gasteiger partial charge in [-0.3, -0.25) is 4.79 Å². The number of para-hydroxylation sites is 1. The largest absolute Gasteiger partial charge is 0.351 e. The monoisotopic (exact) mass is 372 g/mol. The SMILES string of the molecule is NC(=O)N1CCC[C@@H](C(=O)N2CCC[C@H](c3nc4ccccc4s3)C2)C1. The Bertz CT molecular complexity index is 788. The number of hydrogen-bond donors (Lipinski definition) is 1. The molecule has 1 aromatic carbocycles. The maximum absolute atomic E-state index is 13.0. The van der Waals surface area contributed by atoms with Crippen molar-refractivity contribution in [3.8, 4) is 0 Å². The number of carbonyl (C=O) groups excluding carboxylic acids is 2. The Kier molecular flexibility index (Phi) is 4.80. The summed E-state index contributed by atoms with van der Waals surface area (Å²) in [6.45, 7) is 2.64. The molecule has 6 nitrogen and oxygen atoms in total. The molecule has 0 aliphatic carbocycles. The Hall–Kier alpha value is -2.15. The van der Waals surface area contributed by atoms with Crippen molar-refractivity contribution in [3.63, 3.8) is 0 Å². The Morgan fingerprint density at radius 2 is 1.85 bits per heavy atom. The van der Waals surface area contributed by atoms with Crippen molar-refractivity contribution < 1.29 is 9.59 Å². The third-order valence-electron chi connectivity index (χ3n) is 5.48. The van der Waals surface area contributed by atoms with Crippen LogP contribution in [-0.4, -0.2) is 52.9 Å². The van der Waals surface area contributed by atoms with E-state index in [1.54, 1.807) is 16.2 Å². The van der Waals surface area contributed by atoms with E-state index in [9.17, 15) is 9.59 Å². The summed E-state index contributed by atoms with van der Waals surface area (Å²) in [6, 6.07) is 7.77. The number of nitrogens with two attached hydrogens (primary N) is 1. The van der Waals surface area contributed by atoms with Gasteiger partial charge in [0.05, 0.1) is 21.1 Å². The van der Waals surface area contributed by atoms with Gasteiger partial charge in [-0.15, -0.1) is 11.3 Å². The summed E-state index contributed by atoms with van der Waals surface area (Å²) in [4.78, 5) is 32.8. The molecule has 2 aliphatic rings. The number of piperidine rings is 2. The first-order valence-corrected chi connectivity index (χ1v) is 10.1. The molecular weight excluding hydrogens is 348 g/mol. The van der Waals surface area contributed by atoms with Gasteiger partial charge >= 0.3 is 6.03 Å². The molecule has 2 atom stereocenters. The van der Waals surface area contributed by atoms with E-state index >= 15 is 0 Å². The smallest absolute Gasteiger partial charge is 0.314 e. The number of nitrogens with zero attached hydrogens (tertiary/aromatic N) is 3. The molecule has 3 heterocycles. The second-order valence-electron chi connectivity index (χ2n) is 7.27. The predicted octanol–water partition coefficient (Wildman–Crippen LogP) is 2.79. The highest BCUT2D eigenvalue weighted by molar-refractivity contribution is 7.18. The molecule has 3 amide bonds. The van der Waals surface area contributed by atoms with E-state index in [0.29, 0.717) is 19.0 Å². The molecule has 138 valence electrons. The molecule has 0 saturated carbocycles. The third-order valence-corrected chi connectivity index (χ3v) is 6.67. The summed E-state index contributed by atoms with van der Waals surface area (Å²) in [6.07, 6.45) is 3.75. The maximum atomic E-state index is 13.0. The van der Waals surface area contributed by atoms with Gasteiger partial charge in [-0.05, 0) is 37.8 Å². The molecule has 2 saturated heterocycles. The highest BCUT2D eigenvalue weighted by Crippen LogP contribution is 2.33. The average molecular weight is 372 g/mol. The lowest BCUT2D eigenvalue weighted by atomic mass is 9.93. The fraction of sp³-hybridized carbons (Fsp3) is 0.526. The first-order chi connectivity index (χ1) is 12.6. The minimum atomic E-state index is -0.423. The Morgan fingerprint density at radius 3 is 2.65 bits per heavy atom. The van der Waals surface area contributed by atoms with Gasteiger partial charge in [0.1, 0.15) is 0 Å². The Morgan fingerprint density at radius 1 is 1.08 bits per heavy atom. The van der Waals surface area contributed by atoms with Crippen LogP contribution in [-0.2, 0) is 4.79 Å². The van der Waals surface area contributed by atoms with Crippen LogP contribution in [0.4, 0.5) is 4.79 Å². The van der Waals surface area contributed by atoms with Crippen molar-refractivity contribution in [1.82, 2.24) is 14.8 Å². The van der Waals surface area contributed by atoms with Gasteiger partial charge in [-0.1, -0.05) is 12.1 Å². The number of primary amides is 1. The zero-order chi connectivity index (χ0) is 18.1. The molecule has 4 rings (SSSR count). The lowest BCUT2D eigenvalue weighted by Crippen LogP contribution is -2.50. The molecule has 0 spiro atoms. The second-order valence-corrected chi connectivity index (χ2v) is 8.33. The van der Waals surface area contributed by atoms with Gasteiger partial charge in [-0.2, -0.15) is 0 Å². The molecule has 0 bridgehead atoms. The number of fused-ring (bicyclic) bond motifs is 1. The quantitative estimate of drug-likeness (QED) is 0.880. The van der Waals surface area contributed by atoms with Gasteiger partial charge < -0.3 is 15.5 Å². The Labute approximate surface area is 157 Å². The molecule has 2 aliphatic heterocycles. The fourth-order valence-electron chi connectivity index (χ4n) is 4.08. The van der Waals surface area contributed by atoms with Crippen molar-refractivity contribution in [1.29, 1.82) is 0 Å². The lowest BCUT2D eigenvalue weighted by molar-refractivity contribution is -0.138. The van der Waals surface area contributed by atoms with Crippen molar-refractivity contribution in [2.75, 3.05) is 26.2 Å². The van der Waals surface area contributed by atoms with Crippen molar-refractivity contribution >= 4 is 33.5 Å². The molecule has 0 unspecified atom stereocenters. The van der Waals surface area contributed by atoms with Crippen molar-refractivity contribution in [3.05, 3.63) is 29.3 Å². The van der Waals surface area contributed by atoms with E-state index in [4.69, 9.17) is 10.7 Å². The van der Waals surface area contributed by atoms with Gasteiger partial charge in [0, 0.05) is 32.1 Å². The van der Waals surface area contributed by atoms with Crippen LogP contribution in [0.5, 0.6) is 0 Å². The Balaban J connectivity index is 1.46. The van der Waals surface area contributed by atoms with Crippen molar-refractivity contribution in [2.45, 2.75) is 31.6 Å². The summed E-state index contributed by atoms with van der Waals surface area (Å²) in [5.74, 6) is 0.355. The van der Waals surface area contributed by atoms with Crippen LogP contribution in [0.25, 0.3) is 10.2 Å². The summed E-state index contributed by atoms with van der Waals surface area (Å²) in [5.41, 5.74) is 6.44. The number of likely N-dealkylation sites (tertiary alicyclic amines) is 2. The van der Waals surface area contributed by atoms with Crippen LogP contribution in [0.3, 0.4) is 0 Å². The van der Waals surface area contributed by atoms with Gasteiger partial charge in [0.15, 0.2) is 0 Å². The number of hydrogen-bond acceptors (Lipinski definition) is 4. The van der Waals surface area contributed by atoms with Crippen LogP contribution in [0, 0.1) is 5.92 Å². The maximum Gasteiger partial charge on any atom is 0.314 e. The molecule has 7 heteroatoms. The lowest BCUT2D eigenvalue weighted by Gasteiger charge is -2.37. The fourth-order valence-corrected chi connectivity index (χ4v) is 5.17. The number of benzene rings is 1. The van der Waals surface area contributed by atoms with Gasteiger partial charge in [0.25, 0.3) is 0 Å². The van der Waals surface area contributed by atoms with Crippen LogP contribution in [0.1, 0.15) is 36.6 Å². The van der Waals surface area contributed by atoms with E-state index in [0.717, 1.165) is 49.3 Å². The number of aromatic nitrogens is 1. The van der Waals surface area contributed by atoms with Crippen LogP contribution < -0.4 is 5.73 Å².